The van der Waals surface area contributed by atoms with Crippen molar-refractivity contribution in [2.24, 2.45) is 0 Å². The van der Waals surface area contributed by atoms with Crippen LogP contribution in [0.2, 0.25) is 5.02 Å². The number of nitrogens with zero attached hydrogens (tertiary/aromatic N) is 2. The fraction of sp³-hybridized carbons (Fsp3) is 0.333. The minimum absolute atomic E-state index is 0.119. The Labute approximate surface area is 185 Å². The molecule has 2 aliphatic heterocycles. The van der Waals surface area contributed by atoms with Crippen molar-refractivity contribution in [3.05, 3.63) is 64.7 Å². The molecule has 2 aromatic rings. The van der Waals surface area contributed by atoms with Gasteiger partial charge < -0.3 is 15.0 Å². The van der Waals surface area contributed by atoms with Gasteiger partial charge in [0.15, 0.2) is 0 Å². The molecule has 1 unspecified atom stereocenters. The molecule has 0 aliphatic carbocycles. The molecule has 164 valence electrons. The summed E-state index contributed by atoms with van der Waals surface area (Å²) in [7, 11) is -3.65. The lowest BCUT2D eigenvalue weighted by Gasteiger charge is -2.35. The number of carbonyl (C=O) groups is 2. The maximum Gasteiger partial charge on any atom is 0.254 e. The molecule has 2 amide bonds. The average Bonchev–Trinajstić information content (AvgIpc) is 2.79. The summed E-state index contributed by atoms with van der Waals surface area (Å²) in [6.45, 7) is 1.98. The second kappa shape index (κ2) is 8.96. The summed E-state index contributed by atoms with van der Waals surface area (Å²) in [4.78, 5) is 27.4. The number of carbonyl (C=O) groups excluding carboxylic acids is 2. The minimum Gasteiger partial charge on any atom is -0.379 e. The zero-order chi connectivity index (χ0) is 22.0. The molecule has 8 nitrogen and oxygen atoms in total. The topological polar surface area (TPSA) is 96.0 Å². The van der Waals surface area contributed by atoms with Crippen molar-refractivity contribution in [3.63, 3.8) is 0 Å². The molecule has 1 atom stereocenters. The van der Waals surface area contributed by atoms with Crippen molar-refractivity contribution in [2.75, 3.05) is 39.4 Å². The van der Waals surface area contributed by atoms with Crippen LogP contribution < -0.4 is 5.32 Å². The van der Waals surface area contributed by atoms with Crippen LogP contribution in [0.3, 0.4) is 0 Å². The lowest BCUT2D eigenvalue weighted by molar-refractivity contribution is -0.128. The summed E-state index contributed by atoms with van der Waals surface area (Å²) in [5.41, 5.74) is 0.923. The molecule has 2 heterocycles. The van der Waals surface area contributed by atoms with E-state index in [-0.39, 0.29) is 16.7 Å². The quantitative estimate of drug-likeness (QED) is 0.744. The Morgan fingerprint density at radius 1 is 1.06 bits per heavy atom. The summed E-state index contributed by atoms with van der Waals surface area (Å²) in [5.74, 6) is -0.636. The maximum absolute atomic E-state index is 13.2. The van der Waals surface area contributed by atoms with Gasteiger partial charge in [0.25, 0.3) is 5.91 Å². The fourth-order valence-electron chi connectivity index (χ4n) is 3.76. The Morgan fingerprint density at radius 2 is 1.77 bits per heavy atom. The van der Waals surface area contributed by atoms with E-state index in [9.17, 15) is 18.0 Å². The second-order valence-corrected chi connectivity index (χ2v) is 9.66. The zero-order valence-electron chi connectivity index (χ0n) is 16.7. The number of sulfonamides is 1. The summed E-state index contributed by atoms with van der Waals surface area (Å²) < 4.78 is 32.2. The fourth-order valence-corrected chi connectivity index (χ4v) is 5.37. The summed E-state index contributed by atoms with van der Waals surface area (Å²) in [5, 5.41) is 3.25. The molecular weight excluding hydrogens is 442 g/mol. The number of piperazine rings is 1. The number of rotatable bonds is 4. The van der Waals surface area contributed by atoms with Crippen LogP contribution in [0.25, 0.3) is 0 Å². The highest BCUT2D eigenvalue weighted by Crippen LogP contribution is 2.27. The van der Waals surface area contributed by atoms with E-state index in [1.54, 1.807) is 24.3 Å². The number of morpholine rings is 1. The highest BCUT2D eigenvalue weighted by molar-refractivity contribution is 7.89. The van der Waals surface area contributed by atoms with Gasteiger partial charge in [0.1, 0.15) is 6.04 Å². The minimum atomic E-state index is -3.65. The lowest BCUT2D eigenvalue weighted by atomic mass is 10.0. The van der Waals surface area contributed by atoms with Crippen LogP contribution in [-0.4, -0.2) is 68.8 Å². The van der Waals surface area contributed by atoms with E-state index in [0.717, 1.165) is 0 Å². The number of hydrogen-bond acceptors (Lipinski definition) is 5. The first-order valence-corrected chi connectivity index (χ1v) is 11.7. The van der Waals surface area contributed by atoms with Gasteiger partial charge in [-0.15, -0.1) is 0 Å². The maximum atomic E-state index is 13.2. The van der Waals surface area contributed by atoms with E-state index < -0.39 is 16.1 Å². The van der Waals surface area contributed by atoms with Crippen molar-refractivity contribution < 1.29 is 22.7 Å². The highest BCUT2D eigenvalue weighted by Gasteiger charge is 2.35. The first-order chi connectivity index (χ1) is 14.9. The van der Waals surface area contributed by atoms with E-state index >= 15 is 0 Å². The number of nitrogens with one attached hydrogen (secondary N) is 1. The lowest BCUT2D eigenvalue weighted by Crippen LogP contribution is -2.52. The van der Waals surface area contributed by atoms with Gasteiger partial charge in [-0.2, -0.15) is 4.31 Å². The van der Waals surface area contributed by atoms with Crippen LogP contribution in [0.1, 0.15) is 22.0 Å². The molecule has 2 saturated heterocycles. The van der Waals surface area contributed by atoms with Crippen molar-refractivity contribution in [2.45, 2.75) is 10.9 Å². The first kappa shape index (κ1) is 21.8. The monoisotopic (exact) mass is 463 g/mol. The molecule has 2 aliphatic rings. The SMILES string of the molecule is O=C1NCCN(C(=O)c2ccc(S(=O)(=O)N3CCOCC3)cc2)C1c1cccc(Cl)c1. The molecule has 2 aromatic carbocycles. The molecule has 0 bridgehead atoms. The van der Waals surface area contributed by atoms with Gasteiger partial charge in [0.05, 0.1) is 18.1 Å². The molecule has 0 saturated carbocycles. The molecular formula is C21H22ClN3O5S. The standard InChI is InChI=1S/C21H22ClN3O5S/c22-17-3-1-2-16(14-17)19-20(26)23-8-9-25(19)21(27)15-4-6-18(7-5-15)31(28,29)24-10-12-30-13-11-24/h1-7,14,19H,8-13H2,(H,23,26). The predicted molar refractivity (Wildman–Crippen MR) is 114 cm³/mol. The summed E-state index contributed by atoms with van der Waals surface area (Å²) in [6, 6.07) is 11.9. The molecule has 31 heavy (non-hydrogen) atoms. The first-order valence-electron chi connectivity index (χ1n) is 9.90. The summed E-state index contributed by atoms with van der Waals surface area (Å²) in [6.07, 6.45) is 0. The normalized spacial score (nSPS) is 20.4. The van der Waals surface area contributed by atoms with Gasteiger partial charge >= 0.3 is 0 Å². The van der Waals surface area contributed by atoms with E-state index in [2.05, 4.69) is 5.32 Å². The Kier molecular flexibility index (Phi) is 6.29. The van der Waals surface area contributed by atoms with E-state index in [0.29, 0.717) is 55.5 Å². The van der Waals surface area contributed by atoms with Crippen LogP contribution in [0.4, 0.5) is 0 Å². The largest absolute Gasteiger partial charge is 0.379 e. The van der Waals surface area contributed by atoms with E-state index in [4.69, 9.17) is 16.3 Å². The van der Waals surface area contributed by atoms with E-state index in [1.165, 1.54) is 33.5 Å². The number of halogens is 1. The second-order valence-electron chi connectivity index (χ2n) is 7.29. The third kappa shape index (κ3) is 4.45. The molecule has 2 fully saturated rings. The van der Waals surface area contributed by atoms with Crippen molar-refractivity contribution in [3.8, 4) is 0 Å². The van der Waals surface area contributed by atoms with Crippen LogP contribution in [0, 0.1) is 0 Å². The smallest absolute Gasteiger partial charge is 0.254 e. The van der Waals surface area contributed by atoms with E-state index in [1.807, 2.05) is 0 Å². The Morgan fingerprint density at radius 3 is 2.45 bits per heavy atom. The third-order valence-electron chi connectivity index (χ3n) is 5.35. The molecule has 0 spiro atoms. The van der Waals surface area contributed by atoms with Crippen molar-refractivity contribution in [1.82, 2.24) is 14.5 Å². The zero-order valence-corrected chi connectivity index (χ0v) is 18.2. The van der Waals surface area contributed by atoms with Gasteiger partial charge in [0.2, 0.25) is 15.9 Å². The third-order valence-corrected chi connectivity index (χ3v) is 7.49. The molecule has 0 radical (unpaired) electrons. The predicted octanol–water partition coefficient (Wildman–Crippen LogP) is 1.67. The summed E-state index contributed by atoms with van der Waals surface area (Å²) >= 11 is 6.08. The van der Waals surface area contributed by atoms with Crippen LogP contribution in [-0.2, 0) is 19.6 Å². The van der Waals surface area contributed by atoms with Crippen LogP contribution in [0.5, 0.6) is 0 Å². The molecule has 1 N–H and O–H groups in total. The van der Waals surface area contributed by atoms with Gasteiger partial charge in [-0.25, -0.2) is 8.42 Å². The number of amides is 2. The van der Waals surface area contributed by atoms with Crippen molar-refractivity contribution >= 4 is 33.4 Å². The molecule has 10 heteroatoms. The molecule has 4 rings (SSSR count). The Balaban J connectivity index is 1.58. The number of ether oxygens (including phenoxy) is 1. The van der Waals surface area contributed by atoms with Crippen molar-refractivity contribution in [1.29, 1.82) is 0 Å². The van der Waals surface area contributed by atoms with Crippen LogP contribution >= 0.6 is 11.6 Å². The van der Waals surface area contributed by atoms with Gasteiger partial charge in [0, 0.05) is 36.8 Å². The number of benzene rings is 2. The molecule has 0 aromatic heterocycles. The highest BCUT2D eigenvalue weighted by atomic mass is 35.5. The average molecular weight is 464 g/mol. The Hall–Kier alpha value is -2.46. The van der Waals surface area contributed by atoms with Gasteiger partial charge in [-0.05, 0) is 42.0 Å². The van der Waals surface area contributed by atoms with Gasteiger partial charge in [-0.1, -0.05) is 23.7 Å². The Bertz CT molecular complexity index is 1080. The van der Waals surface area contributed by atoms with Crippen LogP contribution in [0.15, 0.2) is 53.4 Å². The van der Waals surface area contributed by atoms with Gasteiger partial charge in [-0.3, -0.25) is 9.59 Å². The number of hydrogen-bond donors (Lipinski definition) is 1.